The van der Waals surface area contributed by atoms with Gasteiger partial charge in [-0.3, -0.25) is 0 Å². The largest absolute Gasteiger partial charge is 0.465 e. The van der Waals surface area contributed by atoms with E-state index in [1.54, 1.807) is 31.7 Å². The van der Waals surface area contributed by atoms with Gasteiger partial charge in [0.05, 0.1) is 11.6 Å². The third-order valence-corrected chi connectivity index (χ3v) is 4.34. The lowest BCUT2D eigenvalue weighted by molar-refractivity contribution is 0.190. The number of rotatable bonds is 4. The van der Waals surface area contributed by atoms with Crippen LogP contribution in [0.25, 0.3) is 10.9 Å². The molecule has 0 saturated heterocycles. The van der Waals surface area contributed by atoms with Crippen molar-refractivity contribution in [1.82, 2.24) is 10.3 Å². The molecular formula is C16H19FN2O2S. The van der Waals surface area contributed by atoms with Gasteiger partial charge in [-0.05, 0) is 32.0 Å². The van der Waals surface area contributed by atoms with Gasteiger partial charge in [0.25, 0.3) is 0 Å². The van der Waals surface area contributed by atoms with Crippen molar-refractivity contribution in [3.05, 3.63) is 35.1 Å². The molecule has 0 spiro atoms. The minimum atomic E-state index is -1.08. The Morgan fingerprint density at radius 3 is 2.64 bits per heavy atom. The monoisotopic (exact) mass is 322 g/mol. The second-order valence-electron chi connectivity index (χ2n) is 5.46. The Morgan fingerprint density at radius 1 is 1.36 bits per heavy atom. The molecule has 0 aliphatic carbocycles. The first-order chi connectivity index (χ1) is 10.3. The van der Waals surface area contributed by atoms with Gasteiger partial charge in [-0.25, -0.2) is 14.2 Å². The van der Waals surface area contributed by atoms with E-state index in [4.69, 9.17) is 5.11 Å². The zero-order valence-electron chi connectivity index (χ0n) is 13.0. The number of benzene rings is 1. The van der Waals surface area contributed by atoms with Crippen molar-refractivity contribution >= 4 is 28.8 Å². The van der Waals surface area contributed by atoms with Crippen molar-refractivity contribution in [1.29, 1.82) is 0 Å². The van der Waals surface area contributed by atoms with Crippen LogP contribution in [-0.4, -0.2) is 21.4 Å². The van der Waals surface area contributed by atoms with Gasteiger partial charge in [-0.1, -0.05) is 13.8 Å². The molecule has 1 unspecified atom stereocenters. The summed E-state index contributed by atoms with van der Waals surface area (Å²) in [5.41, 5.74) is 1.93. The molecule has 2 rings (SSSR count). The summed E-state index contributed by atoms with van der Waals surface area (Å²) in [6.45, 7) is 7.55. The summed E-state index contributed by atoms with van der Waals surface area (Å²) in [5, 5.41) is 13.2. The normalized spacial score (nSPS) is 12.6. The van der Waals surface area contributed by atoms with Crippen LogP contribution in [0.15, 0.2) is 23.2 Å². The zero-order chi connectivity index (χ0) is 16.4. The second kappa shape index (κ2) is 6.52. The third kappa shape index (κ3) is 3.50. The van der Waals surface area contributed by atoms with Crippen LogP contribution >= 0.6 is 11.8 Å². The molecule has 1 atom stereocenters. The van der Waals surface area contributed by atoms with Crippen LogP contribution in [-0.2, 0) is 0 Å². The summed E-state index contributed by atoms with van der Waals surface area (Å²) in [7, 11) is 0. The summed E-state index contributed by atoms with van der Waals surface area (Å²) >= 11 is 1.54. The predicted molar refractivity (Wildman–Crippen MR) is 87.0 cm³/mol. The maximum Gasteiger partial charge on any atom is 0.405 e. The van der Waals surface area contributed by atoms with Gasteiger partial charge in [0.1, 0.15) is 10.8 Å². The Labute approximate surface area is 133 Å². The van der Waals surface area contributed by atoms with Crippen molar-refractivity contribution in [2.24, 2.45) is 0 Å². The number of aryl methyl sites for hydroxylation is 1. The van der Waals surface area contributed by atoms with Gasteiger partial charge >= 0.3 is 6.09 Å². The molecule has 0 aliphatic heterocycles. The molecule has 0 saturated carbocycles. The molecule has 1 amide bonds. The number of nitrogens with one attached hydrogen (secondary N) is 1. The Kier molecular flexibility index (Phi) is 4.90. The summed E-state index contributed by atoms with van der Waals surface area (Å²) in [4.78, 5) is 15.5. The van der Waals surface area contributed by atoms with Gasteiger partial charge in [0.2, 0.25) is 0 Å². The van der Waals surface area contributed by atoms with Crippen LogP contribution in [0, 0.1) is 12.7 Å². The van der Waals surface area contributed by atoms with Gasteiger partial charge in [0, 0.05) is 21.8 Å². The standard InChI is InChI=1S/C16H19FN2O2S/c1-8(2)22-15-12(10(4)18-16(20)21)7-11-5-6-13(17)9(3)14(11)19-15/h5-8,10,18H,1-4H3,(H,20,21). The van der Waals surface area contributed by atoms with Gasteiger partial charge < -0.3 is 10.4 Å². The minimum Gasteiger partial charge on any atom is -0.465 e. The maximum atomic E-state index is 13.7. The lowest BCUT2D eigenvalue weighted by atomic mass is 10.1. The van der Waals surface area contributed by atoms with Crippen molar-refractivity contribution in [2.75, 3.05) is 0 Å². The van der Waals surface area contributed by atoms with E-state index in [0.717, 1.165) is 16.0 Å². The summed E-state index contributed by atoms with van der Waals surface area (Å²) in [6, 6.07) is 4.58. The molecule has 1 aromatic carbocycles. The second-order valence-corrected chi connectivity index (χ2v) is 7.03. The molecule has 1 aromatic heterocycles. The van der Waals surface area contributed by atoms with Crippen molar-refractivity contribution in [3.8, 4) is 0 Å². The quantitative estimate of drug-likeness (QED) is 0.813. The number of pyridine rings is 1. The van der Waals surface area contributed by atoms with E-state index < -0.39 is 6.09 Å². The van der Waals surface area contributed by atoms with E-state index >= 15 is 0 Å². The number of aromatic nitrogens is 1. The average molecular weight is 322 g/mol. The van der Waals surface area contributed by atoms with Crippen molar-refractivity contribution in [3.63, 3.8) is 0 Å². The fourth-order valence-corrected chi connectivity index (χ4v) is 3.21. The van der Waals surface area contributed by atoms with Crippen LogP contribution in [0.5, 0.6) is 0 Å². The number of carbonyl (C=O) groups is 1. The van der Waals surface area contributed by atoms with Gasteiger partial charge in [-0.15, -0.1) is 11.8 Å². The summed E-state index contributed by atoms with van der Waals surface area (Å²) < 4.78 is 13.7. The van der Waals surface area contributed by atoms with E-state index in [1.165, 1.54) is 6.07 Å². The van der Waals surface area contributed by atoms with Crippen molar-refractivity contribution in [2.45, 2.75) is 44.0 Å². The first-order valence-electron chi connectivity index (χ1n) is 7.05. The van der Waals surface area contributed by atoms with Crippen LogP contribution in [0.3, 0.4) is 0 Å². The number of carboxylic acid groups (broad SMARTS) is 1. The lowest BCUT2D eigenvalue weighted by Gasteiger charge is -2.18. The Morgan fingerprint density at radius 2 is 2.05 bits per heavy atom. The molecule has 0 radical (unpaired) electrons. The number of nitrogens with zero attached hydrogens (tertiary/aromatic N) is 1. The van der Waals surface area contributed by atoms with Gasteiger partial charge in [0.15, 0.2) is 0 Å². The summed E-state index contributed by atoms with van der Waals surface area (Å²) in [6.07, 6.45) is -1.08. The molecule has 0 fully saturated rings. The average Bonchev–Trinajstić information content (AvgIpc) is 2.41. The van der Waals surface area contributed by atoms with Crippen LogP contribution in [0.2, 0.25) is 0 Å². The number of thioether (sulfide) groups is 1. The molecule has 118 valence electrons. The highest BCUT2D eigenvalue weighted by Gasteiger charge is 2.18. The van der Waals surface area contributed by atoms with E-state index in [2.05, 4.69) is 10.3 Å². The molecule has 1 heterocycles. The highest BCUT2D eigenvalue weighted by Crippen LogP contribution is 2.33. The van der Waals surface area contributed by atoms with Crippen molar-refractivity contribution < 1.29 is 14.3 Å². The highest BCUT2D eigenvalue weighted by atomic mass is 32.2. The predicted octanol–water partition coefficient (Wildman–Crippen LogP) is 4.51. The molecule has 0 aliphatic rings. The molecule has 4 nitrogen and oxygen atoms in total. The lowest BCUT2D eigenvalue weighted by Crippen LogP contribution is -2.25. The first kappa shape index (κ1) is 16.5. The third-order valence-electron chi connectivity index (χ3n) is 3.32. The Bertz CT molecular complexity index is 719. The summed E-state index contributed by atoms with van der Waals surface area (Å²) in [5.74, 6) is -0.287. The maximum absolute atomic E-state index is 13.7. The Hall–Kier alpha value is -1.82. The molecule has 2 N–H and O–H groups in total. The fourth-order valence-electron chi connectivity index (χ4n) is 2.25. The number of fused-ring (bicyclic) bond motifs is 1. The molecule has 22 heavy (non-hydrogen) atoms. The SMILES string of the molecule is Cc1c(F)ccc2cc(C(C)NC(=O)O)c(SC(C)C)nc12. The molecule has 0 bridgehead atoms. The highest BCUT2D eigenvalue weighted by molar-refractivity contribution is 7.99. The number of hydrogen-bond donors (Lipinski definition) is 2. The molecule has 2 aromatic rings. The first-order valence-corrected chi connectivity index (χ1v) is 7.93. The molecular weight excluding hydrogens is 303 g/mol. The molecule has 6 heteroatoms. The number of hydrogen-bond acceptors (Lipinski definition) is 3. The van der Waals surface area contributed by atoms with Gasteiger partial charge in [-0.2, -0.15) is 0 Å². The van der Waals surface area contributed by atoms with E-state index in [-0.39, 0.29) is 17.1 Å². The number of halogens is 1. The van der Waals surface area contributed by atoms with E-state index in [9.17, 15) is 9.18 Å². The van der Waals surface area contributed by atoms with Crippen LogP contribution in [0.1, 0.15) is 37.9 Å². The zero-order valence-corrected chi connectivity index (χ0v) is 13.8. The minimum absolute atomic E-state index is 0.287. The van der Waals surface area contributed by atoms with Crippen LogP contribution in [0.4, 0.5) is 9.18 Å². The van der Waals surface area contributed by atoms with E-state index in [1.807, 2.05) is 19.9 Å². The fraction of sp³-hybridized carbons (Fsp3) is 0.375. The topological polar surface area (TPSA) is 62.2 Å². The van der Waals surface area contributed by atoms with E-state index in [0.29, 0.717) is 11.1 Å². The Balaban J connectivity index is 2.62. The smallest absolute Gasteiger partial charge is 0.405 e. The van der Waals surface area contributed by atoms with Crippen LogP contribution < -0.4 is 5.32 Å². The number of amides is 1.